The van der Waals surface area contributed by atoms with Crippen molar-refractivity contribution in [1.29, 1.82) is 0 Å². The number of nitrogens with zero attached hydrogens (tertiary/aromatic N) is 2. The van der Waals surface area contributed by atoms with Crippen LogP contribution >= 0.6 is 0 Å². The van der Waals surface area contributed by atoms with Gasteiger partial charge in [0.1, 0.15) is 0 Å². The zero-order valence-corrected chi connectivity index (χ0v) is 28.6. The van der Waals surface area contributed by atoms with Gasteiger partial charge in [0.05, 0.1) is 11.2 Å². The minimum atomic E-state index is 0.397. The molecule has 51 heavy (non-hydrogen) atoms. The third kappa shape index (κ3) is 5.02. The Kier molecular flexibility index (Phi) is 7.02. The quantitative estimate of drug-likeness (QED) is 0.177. The third-order valence-electron chi connectivity index (χ3n) is 11.3. The fraction of sp³-hybridized carbons (Fsp3) is 0.102. The van der Waals surface area contributed by atoms with Crippen molar-refractivity contribution in [2.45, 2.75) is 31.6 Å². The molecule has 0 bridgehead atoms. The van der Waals surface area contributed by atoms with Crippen LogP contribution in [0.15, 0.2) is 164 Å². The third-order valence-corrected chi connectivity index (χ3v) is 11.3. The highest BCUT2D eigenvalue weighted by Gasteiger charge is 2.31. The summed E-state index contributed by atoms with van der Waals surface area (Å²) in [7, 11) is 0. The number of pyridine rings is 2. The molecular formula is C49H36N2. The second-order valence-electron chi connectivity index (χ2n) is 14.1. The number of rotatable bonds is 4. The van der Waals surface area contributed by atoms with Crippen LogP contribution in [-0.2, 0) is 6.42 Å². The number of hydrogen-bond donors (Lipinski definition) is 0. The summed E-state index contributed by atoms with van der Waals surface area (Å²) in [6, 6.07) is 55.7. The number of aryl methyl sites for hydroxylation is 1. The lowest BCUT2D eigenvalue weighted by Crippen LogP contribution is -2.18. The van der Waals surface area contributed by atoms with Gasteiger partial charge in [-0.2, -0.15) is 0 Å². The summed E-state index contributed by atoms with van der Waals surface area (Å²) >= 11 is 0. The van der Waals surface area contributed by atoms with E-state index in [4.69, 9.17) is 4.98 Å². The molecule has 0 aliphatic heterocycles. The average Bonchev–Trinajstić information content (AvgIpc) is 3.20. The van der Waals surface area contributed by atoms with Crippen molar-refractivity contribution in [2.24, 2.45) is 0 Å². The molecule has 0 amide bonds. The summed E-state index contributed by atoms with van der Waals surface area (Å²) in [6.07, 6.45) is 6.18. The number of benzene rings is 7. The van der Waals surface area contributed by atoms with Crippen molar-refractivity contribution in [1.82, 2.24) is 9.97 Å². The Bertz CT molecular complexity index is 2780. The fourth-order valence-corrected chi connectivity index (χ4v) is 8.77. The van der Waals surface area contributed by atoms with Crippen LogP contribution in [0, 0.1) is 0 Å². The molecule has 0 saturated heterocycles. The van der Waals surface area contributed by atoms with E-state index in [2.05, 4.69) is 151 Å². The molecule has 1 aliphatic carbocycles. The fourth-order valence-electron chi connectivity index (χ4n) is 8.77. The van der Waals surface area contributed by atoms with Crippen molar-refractivity contribution in [3.63, 3.8) is 0 Å². The summed E-state index contributed by atoms with van der Waals surface area (Å²) in [5, 5.41) is 8.98. The lowest BCUT2D eigenvalue weighted by molar-refractivity contribution is 0.507. The van der Waals surface area contributed by atoms with Crippen molar-refractivity contribution in [2.75, 3.05) is 0 Å². The molecule has 2 atom stereocenters. The Morgan fingerprint density at radius 1 is 0.490 bits per heavy atom. The van der Waals surface area contributed by atoms with Gasteiger partial charge in [-0.3, -0.25) is 9.97 Å². The van der Waals surface area contributed by atoms with E-state index in [0.717, 1.165) is 40.6 Å². The van der Waals surface area contributed by atoms with Crippen LogP contribution in [0.1, 0.15) is 41.9 Å². The summed E-state index contributed by atoms with van der Waals surface area (Å²) in [6.45, 7) is 2.44. The van der Waals surface area contributed by atoms with Crippen LogP contribution in [0.25, 0.3) is 76.7 Å². The van der Waals surface area contributed by atoms with Crippen molar-refractivity contribution in [3.8, 4) is 33.5 Å². The Hall–Kier alpha value is -6.12. The molecule has 0 saturated carbocycles. The highest BCUT2D eigenvalue weighted by Crippen LogP contribution is 2.50. The van der Waals surface area contributed by atoms with Crippen molar-refractivity contribution >= 4 is 43.2 Å². The highest BCUT2D eigenvalue weighted by atomic mass is 14.7. The second kappa shape index (κ2) is 12.0. The molecule has 242 valence electrons. The van der Waals surface area contributed by atoms with E-state index < -0.39 is 0 Å². The summed E-state index contributed by atoms with van der Waals surface area (Å²) in [5.41, 5.74) is 12.3. The molecule has 9 aromatic rings. The van der Waals surface area contributed by atoms with Gasteiger partial charge in [-0.1, -0.05) is 128 Å². The number of fused-ring (bicyclic) bond motifs is 5. The Morgan fingerprint density at radius 2 is 1.18 bits per heavy atom. The summed E-state index contributed by atoms with van der Waals surface area (Å²) in [4.78, 5) is 9.65. The van der Waals surface area contributed by atoms with Crippen LogP contribution < -0.4 is 0 Å². The number of aromatic nitrogens is 2. The van der Waals surface area contributed by atoms with Gasteiger partial charge in [0.15, 0.2) is 0 Å². The zero-order chi connectivity index (χ0) is 33.9. The summed E-state index contributed by atoms with van der Waals surface area (Å²) in [5.74, 6) is 0.808. The normalized spacial score (nSPS) is 15.8. The smallest absolute Gasteiger partial charge is 0.0718 e. The molecule has 1 aliphatic rings. The van der Waals surface area contributed by atoms with E-state index in [9.17, 15) is 0 Å². The van der Waals surface area contributed by atoms with E-state index in [1.165, 1.54) is 65.7 Å². The van der Waals surface area contributed by atoms with E-state index in [-0.39, 0.29) is 0 Å². The van der Waals surface area contributed by atoms with Gasteiger partial charge in [-0.05, 0) is 121 Å². The lowest BCUT2D eigenvalue weighted by atomic mass is 9.70. The maximum atomic E-state index is 4.97. The molecular weight excluding hydrogens is 617 g/mol. The molecule has 7 aromatic carbocycles. The van der Waals surface area contributed by atoms with Gasteiger partial charge < -0.3 is 0 Å². The standard InChI is InChI=1S/C49H36N2/c1-31-40-14-6-4-11-33(40)20-23-41(31)49-43-16-8-7-15-42(43)48(37-19-18-32-10-2-3-12-34(32)26-37)44-24-21-35(28-45(44)49)38-22-25-47(50-29-38)39-27-36-13-5-9-17-46(36)51-30-39/h2-19,21-22,24-31,41H,20,23H2,1H3. The molecule has 0 spiro atoms. The van der Waals surface area contributed by atoms with Crippen LogP contribution in [0.3, 0.4) is 0 Å². The first-order valence-electron chi connectivity index (χ1n) is 18.1. The van der Waals surface area contributed by atoms with Crippen LogP contribution in [0.2, 0.25) is 0 Å². The van der Waals surface area contributed by atoms with Crippen LogP contribution in [-0.4, -0.2) is 9.97 Å². The van der Waals surface area contributed by atoms with E-state index in [0.29, 0.717) is 11.8 Å². The highest BCUT2D eigenvalue weighted by molar-refractivity contribution is 6.16. The van der Waals surface area contributed by atoms with Crippen LogP contribution in [0.5, 0.6) is 0 Å². The molecule has 2 nitrogen and oxygen atoms in total. The first-order chi connectivity index (χ1) is 25.2. The predicted molar refractivity (Wildman–Crippen MR) is 214 cm³/mol. The van der Waals surface area contributed by atoms with Gasteiger partial charge >= 0.3 is 0 Å². The first kappa shape index (κ1) is 29.8. The molecule has 2 heteroatoms. The SMILES string of the molecule is CC1c2ccccc2CCC1c1c2ccccc2c(-c2ccc3ccccc3c2)c2ccc(-c3ccc(-c4cnc5ccccc5c4)nc3)cc12. The van der Waals surface area contributed by atoms with Gasteiger partial charge in [0, 0.05) is 28.9 Å². The van der Waals surface area contributed by atoms with Gasteiger partial charge in [-0.15, -0.1) is 0 Å². The molecule has 2 unspecified atom stereocenters. The monoisotopic (exact) mass is 652 g/mol. The molecule has 10 rings (SSSR count). The van der Waals surface area contributed by atoms with E-state index in [1.807, 2.05) is 24.5 Å². The molecule has 2 aromatic heterocycles. The average molecular weight is 653 g/mol. The van der Waals surface area contributed by atoms with Gasteiger partial charge in [-0.25, -0.2) is 0 Å². The van der Waals surface area contributed by atoms with E-state index in [1.54, 1.807) is 0 Å². The lowest BCUT2D eigenvalue weighted by Gasteiger charge is -2.34. The Labute approximate surface area is 298 Å². The number of hydrogen-bond acceptors (Lipinski definition) is 2. The minimum absolute atomic E-state index is 0.397. The first-order valence-corrected chi connectivity index (χ1v) is 18.1. The molecule has 0 N–H and O–H groups in total. The maximum absolute atomic E-state index is 4.97. The van der Waals surface area contributed by atoms with Crippen molar-refractivity contribution in [3.05, 3.63) is 181 Å². The molecule has 0 radical (unpaired) electrons. The Balaban J connectivity index is 1.18. The minimum Gasteiger partial charge on any atom is -0.256 e. The van der Waals surface area contributed by atoms with E-state index >= 15 is 0 Å². The zero-order valence-electron chi connectivity index (χ0n) is 28.6. The molecule has 2 heterocycles. The van der Waals surface area contributed by atoms with Gasteiger partial charge in [0.2, 0.25) is 0 Å². The molecule has 0 fully saturated rings. The second-order valence-corrected chi connectivity index (χ2v) is 14.1. The Morgan fingerprint density at radius 3 is 2.06 bits per heavy atom. The van der Waals surface area contributed by atoms with Crippen LogP contribution in [0.4, 0.5) is 0 Å². The maximum Gasteiger partial charge on any atom is 0.0718 e. The topological polar surface area (TPSA) is 25.8 Å². The summed E-state index contributed by atoms with van der Waals surface area (Å²) < 4.78 is 0. The number of para-hydroxylation sites is 1. The predicted octanol–water partition coefficient (Wildman–Crippen LogP) is 12.9. The van der Waals surface area contributed by atoms with Crippen molar-refractivity contribution < 1.29 is 0 Å². The largest absolute Gasteiger partial charge is 0.256 e. The van der Waals surface area contributed by atoms with Gasteiger partial charge in [0.25, 0.3) is 0 Å².